The van der Waals surface area contributed by atoms with Crippen LogP contribution in [0.1, 0.15) is 30.5 Å². The van der Waals surface area contributed by atoms with Gasteiger partial charge >= 0.3 is 5.97 Å². The van der Waals surface area contributed by atoms with Gasteiger partial charge in [-0.05, 0) is 19.4 Å². The molecule has 1 fully saturated rings. The van der Waals surface area contributed by atoms with Gasteiger partial charge in [-0.25, -0.2) is 4.98 Å². The lowest BCUT2D eigenvalue weighted by Crippen LogP contribution is -2.39. The SMILES string of the molecule is CC1(C)Cc2c(C#N)c(SCC(=O)O)nc(N3CCOCC3)c2CO1. The first-order valence-corrected chi connectivity index (χ1v) is 9.17. The third-order valence-corrected chi connectivity index (χ3v) is 5.28. The molecule has 0 bridgehead atoms. The number of aliphatic carboxylic acids is 1. The molecule has 3 rings (SSSR count). The standard InChI is InChI=1S/C17H21N3O4S/c1-17(2)7-11-12(8-18)16(25-10-14(21)22)19-15(13(11)9-24-17)20-3-5-23-6-4-20/h3-7,9-10H2,1-2H3,(H,21,22). The molecule has 0 unspecified atom stereocenters. The molecule has 7 nitrogen and oxygen atoms in total. The molecule has 1 aromatic rings. The predicted molar refractivity (Wildman–Crippen MR) is 92.9 cm³/mol. The second-order valence-corrected chi connectivity index (χ2v) is 7.66. The van der Waals surface area contributed by atoms with Gasteiger partial charge in [-0.1, -0.05) is 11.8 Å². The monoisotopic (exact) mass is 363 g/mol. The van der Waals surface area contributed by atoms with E-state index < -0.39 is 5.97 Å². The number of carboxylic acids is 1. The van der Waals surface area contributed by atoms with Gasteiger partial charge in [0.25, 0.3) is 0 Å². The van der Waals surface area contributed by atoms with Crippen LogP contribution in [-0.2, 0) is 27.3 Å². The Labute approximate surface area is 150 Å². The first-order valence-electron chi connectivity index (χ1n) is 8.18. The van der Waals surface area contributed by atoms with E-state index in [2.05, 4.69) is 16.0 Å². The molecule has 2 aliphatic rings. The Bertz CT molecular complexity index is 724. The van der Waals surface area contributed by atoms with Gasteiger partial charge < -0.3 is 19.5 Å². The number of hydrogen-bond donors (Lipinski definition) is 1. The Morgan fingerprint density at radius 3 is 2.76 bits per heavy atom. The molecule has 1 saturated heterocycles. The van der Waals surface area contributed by atoms with Crippen LogP contribution in [0.15, 0.2) is 5.03 Å². The number of fused-ring (bicyclic) bond motifs is 1. The summed E-state index contributed by atoms with van der Waals surface area (Å²) < 4.78 is 11.4. The molecule has 0 aromatic carbocycles. The second-order valence-electron chi connectivity index (χ2n) is 6.69. The van der Waals surface area contributed by atoms with Crippen molar-refractivity contribution in [3.8, 4) is 6.07 Å². The maximum absolute atomic E-state index is 11.0. The van der Waals surface area contributed by atoms with Crippen molar-refractivity contribution >= 4 is 23.5 Å². The van der Waals surface area contributed by atoms with Crippen molar-refractivity contribution in [2.24, 2.45) is 0 Å². The first-order chi connectivity index (χ1) is 11.9. The lowest BCUT2D eigenvalue weighted by molar-refractivity contribution is -0.133. The number of aromatic nitrogens is 1. The number of nitrogens with zero attached hydrogens (tertiary/aromatic N) is 3. The molecule has 0 radical (unpaired) electrons. The fourth-order valence-corrected chi connectivity index (χ4v) is 3.84. The third-order valence-electron chi connectivity index (χ3n) is 4.32. The molecule has 2 aliphatic heterocycles. The van der Waals surface area contributed by atoms with Crippen molar-refractivity contribution in [2.75, 3.05) is 37.0 Å². The Hall–Kier alpha value is -1.82. The summed E-state index contributed by atoms with van der Waals surface area (Å²) in [7, 11) is 0. The number of thioether (sulfide) groups is 1. The molecule has 1 N–H and O–H groups in total. The van der Waals surface area contributed by atoms with Crippen molar-refractivity contribution in [3.05, 3.63) is 16.7 Å². The number of anilines is 1. The van der Waals surface area contributed by atoms with Gasteiger partial charge in [0.15, 0.2) is 0 Å². The predicted octanol–water partition coefficient (Wildman–Crippen LogP) is 1.82. The number of hydrogen-bond acceptors (Lipinski definition) is 7. The number of rotatable bonds is 4. The largest absolute Gasteiger partial charge is 0.481 e. The maximum Gasteiger partial charge on any atom is 0.313 e. The van der Waals surface area contributed by atoms with Crippen molar-refractivity contribution in [1.82, 2.24) is 4.98 Å². The molecule has 8 heteroatoms. The fraction of sp³-hybridized carbons (Fsp3) is 0.588. The van der Waals surface area contributed by atoms with Crippen LogP contribution in [0.25, 0.3) is 0 Å². The molecule has 0 atom stereocenters. The van der Waals surface area contributed by atoms with Crippen LogP contribution >= 0.6 is 11.8 Å². The number of carbonyl (C=O) groups is 1. The summed E-state index contributed by atoms with van der Waals surface area (Å²) in [6.07, 6.45) is 0.603. The molecule has 0 amide bonds. The van der Waals surface area contributed by atoms with Crippen LogP contribution in [-0.4, -0.2) is 53.7 Å². The van der Waals surface area contributed by atoms with E-state index in [-0.39, 0.29) is 11.4 Å². The number of ether oxygens (including phenoxy) is 2. The molecule has 0 spiro atoms. The molecule has 0 aliphatic carbocycles. The summed E-state index contributed by atoms with van der Waals surface area (Å²) >= 11 is 1.10. The van der Waals surface area contributed by atoms with Gasteiger partial charge in [0.1, 0.15) is 16.9 Å². The molecule has 25 heavy (non-hydrogen) atoms. The molecular weight excluding hydrogens is 342 g/mol. The summed E-state index contributed by atoms with van der Waals surface area (Å²) in [5, 5.41) is 19.2. The van der Waals surface area contributed by atoms with E-state index in [9.17, 15) is 10.1 Å². The Morgan fingerprint density at radius 1 is 1.40 bits per heavy atom. The van der Waals surface area contributed by atoms with Crippen LogP contribution in [0.4, 0.5) is 5.82 Å². The van der Waals surface area contributed by atoms with E-state index in [1.165, 1.54) is 0 Å². The summed E-state index contributed by atoms with van der Waals surface area (Å²) in [5.74, 6) is -0.256. The van der Waals surface area contributed by atoms with E-state index in [0.29, 0.717) is 36.8 Å². The lowest BCUT2D eigenvalue weighted by atomic mass is 9.89. The molecule has 1 aromatic heterocycles. The van der Waals surface area contributed by atoms with Crippen molar-refractivity contribution in [3.63, 3.8) is 0 Å². The van der Waals surface area contributed by atoms with E-state index in [1.807, 2.05) is 13.8 Å². The van der Waals surface area contributed by atoms with Crippen molar-refractivity contribution < 1.29 is 19.4 Å². The summed E-state index contributed by atoms with van der Waals surface area (Å²) in [6, 6.07) is 2.24. The first kappa shape index (κ1) is 18.0. The Kier molecular flexibility index (Phi) is 5.18. The Morgan fingerprint density at radius 2 is 2.12 bits per heavy atom. The highest BCUT2D eigenvalue weighted by molar-refractivity contribution is 7.99. The van der Waals surface area contributed by atoms with Crippen LogP contribution in [0.2, 0.25) is 0 Å². The maximum atomic E-state index is 11.0. The third kappa shape index (κ3) is 3.89. The number of morpholine rings is 1. The highest BCUT2D eigenvalue weighted by Crippen LogP contribution is 2.38. The Balaban J connectivity index is 2.09. The van der Waals surface area contributed by atoms with Crippen molar-refractivity contribution in [1.29, 1.82) is 5.26 Å². The average molecular weight is 363 g/mol. The van der Waals surface area contributed by atoms with Gasteiger partial charge in [-0.3, -0.25) is 4.79 Å². The lowest BCUT2D eigenvalue weighted by Gasteiger charge is -2.36. The minimum absolute atomic E-state index is 0.122. The van der Waals surface area contributed by atoms with Crippen LogP contribution in [0.5, 0.6) is 0 Å². The normalized spacial score (nSPS) is 19.2. The quantitative estimate of drug-likeness (QED) is 0.809. The summed E-state index contributed by atoms with van der Waals surface area (Å²) in [6.45, 7) is 7.09. The number of carboxylic acid groups (broad SMARTS) is 1. The van der Waals surface area contributed by atoms with Gasteiger partial charge in [-0.2, -0.15) is 5.26 Å². The van der Waals surface area contributed by atoms with Crippen LogP contribution in [0.3, 0.4) is 0 Å². The van der Waals surface area contributed by atoms with Gasteiger partial charge in [0.05, 0.1) is 36.7 Å². The topological polar surface area (TPSA) is 95.7 Å². The van der Waals surface area contributed by atoms with E-state index in [1.54, 1.807) is 0 Å². The zero-order valence-electron chi connectivity index (χ0n) is 14.4. The average Bonchev–Trinajstić information content (AvgIpc) is 2.58. The molecular formula is C17H21N3O4S. The summed E-state index contributed by atoms with van der Waals surface area (Å²) in [5.41, 5.74) is 1.99. The highest BCUT2D eigenvalue weighted by Gasteiger charge is 2.33. The smallest absolute Gasteiger partial charge is 0.313 e. The van der Waals surface area contributed by atoms with Gasteiger partial charge in [-0.15, -0.1) is 0 Å². The van der Waals surface area contributed by atoms with E-state index in [4.69, 9.17) is 14.6 Å². The van der Waals surface area contributed by atoms with Crippen LogP contribution < -0.4 is 4.90 Å². The highest BCUT2D eigenvalue weighted by atomic mass is 32.2. The second kappa shape index (κ2) is 7.20. The molecule has 134 valence electrons. The number of pyridine rings is 1. The zero-order chi connectivity index (χ0) is 18.0. The minimum atomic E-state index is -0.926. The minimum Gasteiger partial charge on any atom is -0.481 e. The molecule has 3 heterocycles. The summed E-state index contributed by atoms with van der Waals surface area (Å²) in [4.78, 5) is 17.8. The number of nitriles is 1. The van der Waals surface area contributed by atoms with Crippen LogP contribution in [0, 0.1) is 11.3 Å². The van der Waals surface area contributed by atoms with Gasteiger partial charge in [0.2, 0.25) is 0 Å². The van der Waals surface area contributed by atoms with Crippen molar-refractivity contribution in [2.45, 2.75) is 37.5 Å². The fourth-order valence-electron chi connectivity index (χ4n) is 3.11. The van der Waals surface area contributed by atoms with Gasteiger partial charge in [0, 0.05) is 25.1 Å². The van der Waals surface area contributed by atoms with E-state index in [0.717, 1.165) is 41.8 Å². The molecule has 0 saturated carbocycles. The van der Waals surface area contributed by atoms with E-state index >= 15 is 0 Å². The zero-order valence-corrected chi connectivity index (χ0v) is 15.2.